The van der Waals surface area contributed by atoms with E-state index in [1.807, 2.05) is 13.8 Å². The normalized spacial score (nSPS) is 28.6. The molecule has 4 heteroatoms. The standard InChI is InChI=1S/C13H26N2O2/c1-5-14-13(12(16)17-7-3)9-8-11(10-13)15(4)6-2/h11,14H,5-10H2,1-4H3. The molecule has 0 saturated heterocycles. The highest BCUT2D eigenvalue weighted by Crippen LogP contribution is 2.33. The highest BCUT2D eigenvalue weighted by molar-refractivity contribution is 5.81. The molecule has 0 heterocycles. The zero-order valence-electron chi connectivity index (χ0n) is 11.6. The predicted molar refractivity (Wildman–Crippen MR) is 69.0 cm³/mol. The summed E-state index contributed by atoms with van der Waals surface area (Å²) in [6.07, 6.45) is 2.81. The maximum absolute atomic E-state index is 12.1. The second kappa shape index (κ2) is 6.36. The number of rotatable bonds is 6. The number of likely N-dealkylation sites (N-methyl/N-ethyl adjacent to an activating group) is 1. The van der Waals surface area contributed by atoms with E-state index in [4.69, 9.17) is 4.74 Å². The van der Waals surface area contributed by atoms with Crippen LogP contribution in [0.15, 0.2) is 0 Å². The molecule has 0 amide bonds. The number of hydrogen-bond donors (Lipinski definition) is 1. The highest BCUT2D eigenvalue weighted by atomic mass is 16.5. The van der Waals surface area contributed by atoms with E-state index < -0.39 is 5.54 Å². The predicted octanol–water partition coefficient (Wildman–Crippen LogP) is 1.40. The van der Waals surface area contributed by atoms with Crippen molar-refractivity contribution < 1.29 is 9.53 Å². The van der Waals surface area contributed by atoms with Crippen molar-refractivity contribution >= 4 is 5.97 Å². The van der Waals surface area contributed by atoms with Crippen LogP contribution in [-0.2, 0) is 9.53 Å². The van der Waals surface area contributed by atoms with Crippen molar-refractivity contribution in [2.24, 2.45) is 0 Å². The highest BCUT2D eigenvalue weighted by Gasteiger charge is 2.46. The number of nitrogens with one attached hydrogen (secondary N) is 1. The Balaban J connectivity index is 2.71. The molecule has 100 valence electrons. The van der Waals surface area contributed by atoms with Gasteiger partial charge < -0.3 is 15.0 Å². The molecule has 0 radical (unpaired) electrons. The number of carbonyl (C=O) groups is 1. The zero-order valence-corrected chi connectivity index (χ0v) is 11.6. The van der Waals surface area contributed by atoms with E-state index in [2.05, 4.69) is 24.2 Å². The summed E-state index contributed by atoms with van der Waals surface area (Å²) < 4.78 is 5.22. The fourth-order valence-electron chi connectivity index (χ4n) is 2.68. The third-order valence-corrected chi connectivity index (χ3v) is 3.79. The van der Waals surface area contributed by atoms with E-state index in [1.165, 1.54) is 0 Å². The SMILES string of the molecule is CCNC1(C(=O)OCC)CCC(N(C)CC)C1. The van der Waals surface area contributed by atoms with Gasteiger partial charge in [0.05, 0.1) is 6.61 Å². The summed E-state index contributed by atoms with van der Waals surface area (Å²) in [7, 11) is 2.12. The van der Waals surface area contributed by atoms with E-state index >= 15 is 0 Å². The third-order valence-electron chi connectivity index (χ3n) is 3.79. The lowest BCUT2D eigenvalue weighted by Crippen LogP contribution is -2.52. The first-order valence-corrected chi connectivity index (χ1v) is 6.72. The van der Waals surface area contributed by atoms with Gasteiger partial charge in [0.15, 0.2) is 0 Å². The molecule has 0 aliphatic heterocycles. The Morgan fingerprint density at radius 2 is 2.18 bits per heavy atom. The fraction of sp³-hybridized carbons (Fsp3) is 0.923. The van der Waals surface area contributed by atoms with E-state index in [0.29, 0.717) is 12.6 Å². The molecule has 0 spiro atoms. The third kappa shape index (κ3) is 3.19. The minimum absolute atomic E-state index is 0.0751. The molecule has 0 aromatic heterocycles. The molecular formula is C13H26N2O2. The van der Waals surface area contributed by atoms with Gasteiger partial charge >= 0.3 is 5.97 Å². The number of nitrogens with zero attached hydrogens (tertiary/aromatic N) is 1. The van der Waals surface area contributed by atoms with Gasteiger partial charge in [0, 0.05) is 6.04 Å². The molecule has 0 bridgehead atoms. The minimum Gasteiger partial charge on any atom is -0.465 e. The van der Waals surface area contributed by atoms with Crippen LogP contribution in [0.2, 0.25) is 0 Å². The van der Waals surface area contributed by atoms with Gasteiger partial charge in [0.1, 0.15) is 5.54 Å². The van der Waals surface area contributed by atoms with Gasteiger partial charge in [0.2, 0.25) is 0 Å². The largest absolute Gasteiger partial charge is 0.465 e. The van der Waals surface area contributed by atoms with Crippen molar-refractivity contribution in [3.8, 4) is 0 Å². The molecule has 17 heavy (non-hydrogen) atoms. The van der Waals surface area contributed by atoms with E-state index in [-0.39, 0.29) is 5.97 Å². The number of esters is 1. The molecule has 1 aliphatic rings. The van der Waals surface area contributed by atoms with Crippen molar-refractivity contribution in [2.45, 2.75) is 51.6 Å². The second-order valence-corrected chi connectivity index (χ2v) is 4.80. The maximum atomic E-state index is 12.1. The summed E-state index contributed by atoms with van der Waals surface area (Å²) in [5.41, 5.74) is -0.446. The van der Waals surface area contributed by atoms with Gasteiger partial charge in [-0.25, -0.2) is 0 Å². The van der Waals surface area contributed by atoms with Crippen molar-refractivity contribution in [3.05, 3.63) is 0 Å². The Hall–Kier alpha value is -0.610. The molecule has 0 aromatic rings. The first-order valence-electron chi connectivity index (χ1n) is 6.72. The first kappa shape index (κ1) is 14.5. The van der Waals surface area contributed by atoms with E-state index in [1.54, 1.807) is 0 Å². The summed E-state index contributed by atoms with van der Waals surface area (Å²) in [6, 6.07) is 0.489. The maximum Gasteiger partial charge on any atom is 0.326 e. The summed E-state index contributed by atoms with van der Waals surface area (Å²) in [5, 5.41) is 3.35. The average Bonchev–Trinajstić information content (AvgIpc) is 2.74. The lowest BCUT2D eigenvalue weighted by Gasteiger charge is -2.29. The number of hydrogen-bond acceptors (Lipinski definition) is 4. The Labute approximate surface area is 105 Å². The number of carbonyl (C=O) groups excluding carboxylic acids is 1. The molecule has 2 atom stereocenters. The van der Waals surface area contributed by atoms with Crippen molar-refractivity contribution in [1.29, 1.82) is 0 Å². The van der Waals surface area contributed by atoms with Crippen LogP contribution in [0.3, 0.4) is 0 Å². The average molecular weight is 242 g/mol. The van der Waals surface area contributed by atoms with Gasteiger partial charge in [-0.2, -0.15) is 0 Å². The second-order valence-electron chi connectivity index (χ2n) is 4.80. The van der Waals surface area contributed by atoms with Gasteiger partial charge in [-0.1, -0.05) is 13.8 Å². The molecule has 1 N–H and O–H groups in total. The fourth-order valence-corrected chi connectivity index (χ4v) is 2.68. The molecular weight excluding hydrogens is 216 g/mol. The number of ether oxygens (including phenoxy) is 1. The van der Waals surface area contributed by atoms with Crippen LogP contribution in [0.4, 0.5) is 0 Å². The monoisotopic (exact) mass is 242 g/mol. The molecule has 1 saturated carbocycles. The Morgan fingerprint density at radius 1 is 1.47 bits per heavy atom. The van der Waals surface area contributed by atoms with Gasteiger partial charge in [0.25, 0.3) is 0 Å². The first-order chi connectivity index (χ1) is 8.09. The van der Waals surface area contributed by atoms with Crippen molar-refractivity contribution in [1.82, 2.24) is 10.2 Å². The van der Waals surface area contributed by atoms with Crippen LogP contribution in [-0.4, -0.2) is 49.2 Å². The topological polar surface area (TPSA) is 41.6 Å². The van der Waals surface area contributed by atoms with E-state index in [0.717, 1.165) is 32.4 Å². The van der Waals surface area contributed by atoms with Crippen molar-refractivity contribution in [3.63, 3.8) is 0 Å². The van der Waals surface area contributed by atoms with Gasteiger partial charge in [-0.15, -0.1) is 0 Å². The molecule has 1 rings (SSSR count). The minimum atomic E-state index is -0.446. The lowest BCUT2D eigenvalue weighted by atomic mass is 9.97. The zero-order chi connectivity index (χ0) is 12.9. The van der Waals surface area contributed by atoms with E-state index in [9.17, 15) is 4.79 Å². The Bertz CT molecular complexity index is 258. The lowest BCUT2D eigenvalue weighted by molar-refractivity contribution is -0.151. The summed E-state index contributed by atoms with van der Waals surface area (Å²) in [4.78, 5) is 14.4. The molecule has 1 aliphatic carbocycles. The van der Waals surface area contributed by atoms with Crippen molar-refractivity contribution in [2.75, 3.05) is 26.7 Å². The molecule has 1 fully saturated rings. The van der Waals surface area contributed by atoms with Gasteiger partial charge in [-0.3, -0.25) is 4.79 Å². The van der Waals surface area contributed by atoms with Gasteiger partial charge in [-0.05, 0) is 46.3 Å². The van der Waals surface area contributed by atoms with Crippen LogP contribution in [0.1, 0.15) is 40.0 Å². The summed E-state index contributed by atoms with van der Waals surface area (Å²) >= 11 is 0. The Morgan fingerprint density at radius 3 is 2.71 bits per heavy atom. The summed E-state index contributed by atoms with van der Waals surface area (Å²) in [6.45, 7) is 8.34. The molecule has 4 nitrogen and oxygen atoms in total. The van der Waals surface area contributed by atoms with Crippen LogP contribution < -0.4 is 5.32 Å². The smallest absolute Gasteiger partial charge is 0.326 e. The summed E-state index contributed by atoms with van der Waals surface area (Å²) in [5.74, 6) is -0.0751. The molecule has 2 unspecified atom stereocenters. The Kier molecular flexibility index (Phi) is 5.40. The molecule has 0 aromatic carbocycles. The van der Waals surface area contributed by atoms with Crippen LogP contribution >= 0.6 is 0 Å². The van der Waals surface area contributed by atoms with Crippen LogP contribution in [0, 0.1) is 0 Å². The quantitative estimate of drug-likeness (QED) is 0.715. The van der Waals surface area contributed by atoms with Crippen LogP contribution in [0.25, 0.3) is 0 Å². The van der Waals surface area contributed by atoms with Crippen LogP contribution in [0.5, 0.6) is 0 Å².